The van der Waals surface area contributed by atoms with Crippen molar-refractivity contribution in [3.8, 4) is 17.2 Å². The third-order valence-electron chi connectivity index (χ3n) is 2.68. The summed E-state index contributed by atoms with van der Waals surface area (Å²) in [6, 6.07) is 3.53. The minimum absolute atomic E-state index is 0.0886. The fourth-order valence-electron chi connectivity index (χ4n) is 1.65. The van der Waals surface area contributed by atoms with Crippen LogP contribution in [-0.4, -0.2) is 33.3 Å². The van der Waals surface area contributed by atoms with Gasteiger partial charge in [0.05, 0.1) is 14.2 Å². The van der Waals surface area contributed by atoms with E-state index in [1.807, 2.05) is 6.92 Å². The lowest BCUT2D eigenvalue weighted by Crippen LogP contribution is -2.29. The normalized spacial score (nSPS) is 10.0. The smallest absolute Gasteiger partial charge is 0.257 e. The van der Waals surface area contributed by atoms with Crippen LogP contribution in [0.4, 0.5) is 0 Å². The Kier molecular flexibility index (Phi) is 6.66. The first kappa shape index (κ1) is 16.1. The third-order valence-corrected chi connectivity index (χ3v) is 2.68. The highest BCUT2D eigenvalue weighted by Crippen LogP contribution is 2.38. The minimum Gasteiger partial charge on any atom is -0.493 e. The molecule has 3 N–H and O–H groups in total. The number of carbonyl (C=O) groups excluding carboxylic acids is 1. The zero-order chi connectivity index (χ0) is 15.0. The summed E-state index contributed by atoms with van der Waals surface area (Å²) in [6.45, 7) is 2.89. The number of benzene rings is 1. The summed E-state index contributed by atoms with van der Waals surface area (Å²) in [5.74, 6) is 1.21. The van der Waals surface area contributed by atoms with Gasteiger partial charge in [-0.15, -0.1) is 0 Å². The molecular weight excluding hydrogens is 260 g/mol. The van der Waals surface area contributed by atoms with Crippen molar-refractivity contribution in [1.82, 2.24) is 5.32 Å². The fraction of sp³-hybridized carbons (Fsp3) is 0.500. The average molecular weight is 282 g/mol. The van der Waals surface area contributed by atoms with Gasteiger partial charge in [-0.25, -0.2) is 0 Å². The summed E-state index contributed by atoms with van der Waals surface area (Å²) in [6.07, 6.45) is 0.879. The molecule has 0 bridgehead atoms. The Bertz CT molecular complexity index is 424. The first-order valence-corrected chi connectivity index (χ1v) is 6.50. The van der Waals surface area contributed by atoms with Crippen molar-refractivity contribution in [2.45, 2.75) is 19.9 Å². The van der Waals surface area contributed by atoms with Gasteiger partial charge < -0.3 is 25.3 Å². The van der Waals surface area contributed by atoms with Gasteiger partial charge in [-0.2, -0.15) is 0 Å². The number of ether oxygens (including phenoxy) is 3. The van der Waals surface area contributed by atoms with E-state index in [9.17, 15) is 4.79 Å². The maximum absolute atomic E-state index is 11.6. The van der Waals surface area contributed by atoms with Gasteiger partial charge in [-0.3, -0.25) is 4.79 Å². The molecular formula is C14H22N2O4. The molecule has 6 heteroatoms. The highest BCUT2D eigenvalue weighted by Gasteiger charge is 2.15. The van der Waals surface area contributed by atoms with E-state index >= 15 is 0 Å². The van der Waals surface area contributed by atoms with Crippen LogP contribution in [0, 0.1) is 0 Å². The molecule has 0 saturated heterocycles. The Labute approximate surface area is 119 Å². The molecule has 0 atom stereocenters. The van der Waals surface area contributed by atoms with E-state index < -0.39 is 0 Å². The van der Waals surface area contributed by atoms with E-state index in [4.69, 9.17) is 19.9 Å². The van der Waals surface area contributed by atoms with Crippen molar-refractivity contribution >= 4 is 5.91 Å². The lowest BCUT2D eigenvalue weighted by molar-refractivity contribution is -0.123. The molecule has 1 aromatic rings. The van der Waals surface area contributed by atoms with Crippen molar-refractivity contribution < 1.29 is 19.0 Å². The van der Waals surface area contributed by atoms with Crippen LogP contribution in [0.2, 0.25) is 0 Å². The van der Waals surface area contributed by atoms with E-state index in [0.717, 1.165) is 12.0 Å². The fourth-order valence-corrected chi connectivity index (χ4v) is 1.65. The molecule has 0 aliphatic rings. The number of carbonyl (C=O) groups is 1. The second-order valence-electron chi connectivity index (χ2n) is 4.17. The first-order valence-electron chi connectivity index (χ1n) is 6.50. The zero-order valence-electron chi connectivity index (χ0n) is 12.2. The standard InChI is InChI=1S/C14H22N2O4/c1-4-5-16-13(17)9-20-14-11(18-2)6-10(8-15)7-12(14)19-3/h6-7H,4-5,8-9,15H2,1-3H3,(H,16,17). The topological polar surface area (TPSA) is 82.8 Å². The van der Waals surface area contributed by atoms with Crippen LogP contribution in [0.15, 0.2) is 12.1 Å². The molecule has 0 unspecified atom stereocenters. The van der Waals surface area contributed by atoms with Crippen LogP contribution in [0.5, 0.6) is 17.2 Å². The van der Waals surface area contributed by atoms with Crippen molar-refractivity contribution in [3.63, 3.8) is 0 Å². The molecule has 0 aliphatic carbocycles. The number of amides is 1. The predicted octanol–water partition coefficient (Wildman–Crippen LogP) is 1.07. The Balaban J connectivity index is 2.84. The second-order valence-corrected chi connectivity index (χ2v) is 4.17. The van der Waals surface area contributed by atoms with E-state index in [2.05, 4.69) is 5.32 Å². The molecule has 6 nitrogen and oxygen atoms in total. The van der Waals surface area contributed by atoms with Crippen molar-refractivity contribution in [3.05, 3.63) is 17.7 Å². The number of nitrogens with one attached hydrogen (secondary N) is 1. The Morgan fingerprint density at radius 2 is 1.85 bits per heavy atom. The molecule has 112 valence electrons. The molecule has 1 rings (SSSR count). The number of methoxy groups -OCH3 is 2. The van der Waals surface area contributed by atoms with Crippen molar-refractivity contribution in [2.24, 2.45) is 5.73 Å². The second kappa shape index (κ2) is 8.27. The average Bonchev–Trinajstić information content (AvgIpc) is 2.49. The predicted molar refractivity (Wildman–Crippen MR) is 76.2 cm³/mol. The van der Waals surface area contributed by atoms with Crippen LogP contribution in [-0.2, 0) is 11.3 Å². The summed E-state index contributed by atoms with van der Waals surface area (Å²) in [5.41, 5.74) is 6.47. The van der Waals surface area contributed by atoms with Gasteiger partial charge in [0.2, 0.25) is 5.75 Å². The van der Waals surface area contributed by atoms with Crippen LogP contribution >= 0.6 is 0 Å². The van der Waals surface area contributed by atoms with Crippen LogP contribution in [0.3, 0.4) is 0 Å². The van der Waals surface area contributed by atoms with Gasteiger partial charge in [0.1, 0.15) is 0 Å². The summed E-state index contributed by atoms with van der Waals surface area (Å²) in [7, 11) is 3.05. The Morgan fingerprint density at radius 3 is 2.30 bits per heavy atom. The van der Waals surface area contributed by atoms with E-state index in [-0.39, 0.29) is 12.5 Å². The van der Waals surface area contributed by atoms with Crippen molar-refractivity contribution in [1.29, 1.82) is 0 Å². The molecule has 0 heterocycles. The summed E-state index contributed by atoms with van der Waals surface area (Å²) < 4.78 is 16.0. The summed E-state index contributed by atoms with van der Waals surface area (Å²) in [5, 5.41) is 2.73. The van der Waals surface area contributed by atoms with Gasteiger partial charge >= 0.3 is 0 Å². The maximum Gasteiger partial charge on any atom is 0.257 e. The third kappa shape index (κ3) is 4.31. The monoisotopic (exact) mass is 282 g/mol. The van der Waals surface area contributed by atoms with E-state index in [0.29, 0.717) is 30.3 Å². The molecule has 0 aliphatic heterocycles. The number of hydrogen-bond acceptors (Lipinski definition) is 5. The SMILES string of the molecule is CCCNC(=O)COc1c(OC)cc(CN)cc1OC. The molecule has 1 amide bonds. The summed E-state index contributed by atoms with van der Waals surface area (Å²) in [4.78, 5) is 11.6. The minimum atomic E-state index is -0.182. The first-order chi connectivity index (χ1) is 9.65. The molecule has 20 heavy (non-hydrogen) atoms. The highest BCUT2D eigenvalue weighted by molar-refractivity contribution is 5.77. The molecule has 0 aromatic heterocycles. The van der Waals surface area contributed by atoms with Crippen LogP contribution < -0.4 is 25.3 Å². The van der Waals surface area contributed by atoms with Gasteiger partial charge in [0.15, 0.2) is 18.1 Å². The molecule has 0 fully saturated rings. The molecule has 1 aromatic carbocycles. The number of rotatable bonds is 8. The molecule has 0 radical (unpaired) electrons. The maximum atomic E-state index is 11.6. The summed E-state index contributed by atoms with van der Waals surface area (Å²) >= 11 is 0. The Morgan fingerprint density at radius 1 is 1.25 bits per heavy atom. The largest absolute Gasteiger partial charge is 0.493 e. The van der Waals surface area contributed by atoms with Gasteiger partial charge in [0.25, 0.3) is 5.91 Å². The van der Waals surface area contributed by atoms with Crippen LogP contribution in [0.1, 0.15) is 18.9 Å². The van der Waals surface area contributed by atoms with Gasteiger partial charge in [0, 0.05) is 13.1 Å². The number of nitrogens with two attached hydrogens (primary N) is 1. The van der Waals surface area contributed by atoms with Crippen molar-refractivity contribution in [2.75, 3.05) is 27.4 Å². The van der Waals surface area contributed by atoms with Crippen LogP contribution in [0.25, 0.3) is 0 Å². The van der Waals surface area contributed by atoms with E-state index in [1.54, 1.807) is 12.1 Å². The lowest BCUT2D eigenvalue weighted by Gasteiger charge is -2.15. The van der Waals surface area contributed by atoms with Gasteiger partial charge in [-0.05, 0) is 24.1 Å². The van der Waals surface area contributed by atoms with E-state index in [1.165, 1.54) is 14.2 Å². The quantitative estimate of drug-likeness (QED) is 0.745. The Hall–Kier alpha value is -1.95. The lowest BCUT2D eigenvalue weighted by atomic mass is 10.2. The molecule has 0 saturated carbocycles. The molecule has 0 spiro atoms. The number of hydrogen-bond donors (Lipinski definition) is 2. The zero-order valence-corrected chi connectivity index (χ0v) is 12.2. The highest BCUT2D eigenvalue weighted by atomic mass is 16.5. The van der Waals surface area contributed by atoms with Gasteiger partial charge in [-0.1, -0.05) is 6.92 Å².